The zero-order chi connectivity index (χ0) is 26.6. The molecule has 202 valence electrons. The molecule has 3 aromatic heterocycles. The second-order valence-corrected chi connectivity index (χ2v) is 10.8. The molecule has 2 N–H and O–H groups in total. The lowest BCUT2D eigenvalue weighted by Gasteiger charge is -2.30. The van der Waals surface area contributed by atoms with Gasteiger partial charge < -0.3 is 10.6 Å². The van der Waals surface area contributed by atoms with E-state index in [-0.39, 0.29) is 43.7 Å². The van der Waals surface area contributed by atoms with Crippen LogP contribution in [0.25, 0.3) is 5.65 Å². The first-order valence-corrected chi connectivity index (χ1v) is 13.2. The van der Waals surface area contributed by atoms with E-state index in [9.17, 15) is 22.8 Å². The molecule has 3 fully saturated rings. The maximum Gasteiger partial charge on any atom is 0.393 e. The van der Waals surface area contributed by atoms with Gasteiger partial charge in [-0.25, -0.2) is 9.50 Å². The Morgan fingerprint density at radius 1 is 1.16 bits per heavy atom. The molecule has 2 aliphatic carbocycles. The number of nitrogens with zero attached hydrogens (tertiary/aromatic N) is 5. The van der Waals surface area contributed by atoms with Crippen LogP contribution in [-0.4, -0.2) is 48.9 Å². The Balaban J connectivity index is 1.27. The van der Waals surface area contributed by atoms with Gasteiger partial charge in [0.2, 0.25) is 5.91 Å². The number of carbonyl (C=O) groups excluding carboxylic acids is 2. The van der Waals surface area contributed by atoms with Gasteiger partial charge in [0.15, 0.2) is 5.65 Å². The predicted molar refractivity (Wildman–Crippen MR) is 130 cm³/mol. The number of aryl methyl sites for hydroxylation is 1. The summed E-state index contributed by atoms with van der Waals surface area (Å²) in [5.41, 5.74) is 3.32. The van der Waals surface area contributed by atoms with Gasteiger partial charge in [0.25, 0.3) is 5.91 Å². The van der Waals surface area contributed by atoms with Gasteiger partial charge in [-0.15, -0.1) is 0 Å². The van der Waals surface area contributed by atoms with Crippen LogP contribution >= 0.6 is 0 Å². The number of hydrogen-bond donors (Lipinski definition) is 2. The van der Waals surface area contributed by atoms with Crippen molar-refractivity contribution in [1.82, 2.24) is 35.0 Å². The van der Waals surface area contributed by atoms with Gasteiger partial charge in [0, 0.05) is 37.5 Å². The third-order valence-corrected chi connectivity index (χ3v) is 8.32. The topological polar surface area (TPSA) is 106 Å². The predicted octanol–water partition coefficient (Wildman–Crippen LogP) is 3.25. The van der Waals surface area contributed by atoms with Crippen LogP contribution in [0.2, 0.25) is 0 Å². The van der Waals surface area contributed by atoms with Gasteiger partial charge in [-0.3, -0.25) is 14.3 Å². The molecule has 1 saturated heterocycles. The number of halogens is 3. The normalized spacial score (nSPS) is 25.4. The summed E-state index contributed by atoms with van der Waals surface area (Å²) in [7, 11) is 0. The van der Waals surface area contributed by atoms with Gasteiger partial charge in [-0.1, -0.05) is 0 Å². The Bertz CT molecular complexity index is 1370. The monoisotopic (exact) mass is 529 g/mol. The number of imidazole rings is 1. The number of aromatic nitrogens is 5. The summed E-state index contributed by atoms with van der Waals surface area (Å²) in [6.07, 6.45) is 0.430. The molecular formula is C26H30F3N7O2. The molecule has 0 spiro atoms. The van der Waals surface area contributed by atoms with Gasteiger partial charge in [-0.05, 0) is 62.6 Å². The molecule has 4 atom stereocenters. The number of carbonyl (C=O) groups is 2. The maximum absolute atomic E-state index is 13.3. The van der Waals surface area contributed by atoms with E-state index in [2.05, 4.69) is 15.7 Å². The average molecular weight is 530 g/mol. The Labute approximate surface area is 217 Å². The molecule has 0 bridgehead atoms. The van der Waals surface area contributed by atoms with E-state index in [1.807, 2.05) is 6.92 Å². The highest BCUT2D eigenvalue weighted by molar-refractivity contribution is 5.92. The van der Waals surface area contributed by atoms with Crippen molar-refractivity contribution in [2.75, 3.05) is 6.54 Å². The van der Waals surface area contributed by atoms with Crippen molar-refractivity contribution < 1.29 is 22.8 Å². The molecule has 3 aromatic rings. The number of nitrogens with one attached hydrogen (secondary N) is 2. The average Bonchev–Trinajstić information content (AvgIpc) is 3.24. The van der Waals surface area contributed by atoms with Crippen molar-refractivity contribution in [2.45, 2.75) is 64.2 Å². The number of fused-ring (bicyclic) bond motifs is 2. The molecule has 12 heteroatoms. The summed E-state index contributed by atoms with van der Waals surface area (Å²) < 4.78 is 43.3. The van der Waals surface area contributed by atoms with Crippen LogP contribution < -0.4 is 10.6 Å². The third-order valence-electron chi connectivity index (χ3n) is 8.32. The standard InChI is InChI=1S/C26H30F3N7O2/c1-2-35-21(5-6-32-35)25(38)31-13-20-23(16-8-14-7-15(14)9-16)36-22(33-20)4-3-19(34-36)11-17-10-18(26(27,28)29)12-30-24(17)37/h3-6,14-18H,2,7-13H2,1H3,(H,30,37)(H,31,38)/t14-,15-,17+,18+/m0/s1. The van der Waals surface area contributed by atoms with Crippen molar-refractivity contribution in [1.29, 1.82) is 0 Å². The molecule has 38 heavy (non-hydrogen) atoms. The van der Waals surface area contributed by atoms with Crippen LogP contribution in [0.5, 0.6) is 0 Å². The highest BCUT2D eigenvalue weighted by Gasteiger charge is 2.48. The van der Waals surface area contributed by atoms with Crippen LogP contribution in [0.15, 0.2) is 24.4 Å². The van der Waals surface area contributed by atoms with E-state index in [4.69, 9.17) is 10.1 Å². The first-order valence-electron chi connectivity index (χ1n) is 13.2. The fraction of sp³-hybridized carbons (Fsp3) is 0.577. The number of hydrogen-bond acceptors (Lipinski definition) is 5. The lowest BCUT2D eigenvalue weighted by Crippen LogP contribution is -2.47. The second-order valence-electron chi connectivity index (χ2n) is 10.8. The summed E-state index contributed by atoms with van der Waals surface area (Å²) in [4.78, 5) is 30.0. The SMILES string of the molecule is CCn1nccc1C(=O)NCc1nc2ccc(C[C@H]3C[C@@H](C(F)(F)F)CNC3=O)nn2c1C1C[C@@H]2C[C@H]2C1. The molecule has 0 aromatic carbocycles. The molecule has 1 aliphatic heterocycles. The van der Waals surface area contributed by atoms with E-state index < -0.39 is 18.0 Å². The lowest BCUT2D eigenvalue weighted by atomic mass is 9.86. The van der Waals surface area contributed by atoms with Gasteiger partial charge in [0.1, 0.15) is 5.69 Å². The highest BCUT2D eigenvalue weighted by Crippen LogP contribution is 2.57. The Kier molecular flexibility index (Phi) is 6.14. The minimum absolute atomic E-state index is 0.120. The van der Waals surface area contributed by atoms with E-state index in [1.54, 1.807) is 33.6 Å². The lowest BCUT2D eigenvalue weighted by molar-refractivity contribution is -0.183. The fourth-order valence-electron chi connectivity index (χ4n) is 6.23. The quantitative estimate of drug-likeness (QED) is 0.489. The Hall–Kier alpha value is -3.44. The number of alkyl halides is 3. The molecule has 0 unspecified atom stereocenters. The molecule has 6 rings (SSSR count). The maximum atomic E-state index is 13.3. The van der Waals surface area contributed by atoms with Crippen LogP contribution in [0.1, 0.15) is 66.1 Å². The summed E-state index contributed by atoms with van der Waals surface area (Å²) in [6.45, 7) is 2.34. The van der Waals surface area contributed by atoms with Crippen LogP contribution in [0, 0.1) is 23.7 Å². The van der Waals surface area contributed by atoms with Crippen molar-refractivity contribution in [3.63, 3.8) is 0 Å². The highest BCUT2D eigenvalue weighted by atomic mass is 19.4. The van der Waals surface area contributed by atoms with Crippen LogP contribution in [0.3, 0.4) is 0 Å². The Morgan fingerprint density at radius 3 is 2.68 bits per heavy atom. The molecule has 4 heterocycles. The van der Waals surface area contributed by atoms with Gasteiger partial charge in [0.05, 0.1) is 29.5 Å². The van der Waals surface area contributed by atoms with Crippen molar-refractivity contribution in [2.24, 2.45) is 23.7 Å². The van der Waals surface area contributed by atoms with E-state index in [1.165, 1.54) is 6.42 Å². The van der Waals surface area contributed by atoms with Gasteiger partial charge >= 0.3 is 6.18 Å². The van der Waals surface area contributed by atoms with Gasteiger partial charge in [-0.2, -0.15) is 23.4 Å². The Morgan fingerprint density at radius 2 is 1.95 bits per heavy atom. The molecule has 2 amide bonds. The van der Waals surface area contributed by atoms with E-state index >= 15 is 0 Å². The molecule has 2 saturated carbocycles. The van der Waals surface area contributed by atoms with E-state index in [0.717, 1.165) is 24.2 Å². The first-order chi connectivity index (χ1) is 18.2. The fourth-order valence-corrected chi connectivity index (χ4v) is 6.23. The zero-order valence-electron chi connectivity index (χ0n) is 21.0. The number of amides is 2. The molecule has 3 aliphatic rings. The minimum atomic E-state index is -4.35. The largest absolute Gasteiger partial charge is 0.393 e. The summed E-state index contributed by atoms with van der Waals surface area (Å²) in [5, 5.41) is 14.3. The summed E-state index contributed by atoms with van der Waals surface area (Å²) in [6, 6.07) is 5.19. The van der Waals surface area contributed by atoms with Crippen molar-refractivity contribution in [3.05, 3.63) is 47.2 Å². The molecular weight excluding hydrogens is 499 g/mol. The van der Waals surface area contributed by atoms with E-state index in [0.29, 0.717) is 35.4 Å². The van der Waals surface area contributed by atoms with Crippen molar-refractivity contribution >= 4 is 17.5 Å². The number of rotatable bonds is 7. The minimum Gasteiger partial charge on any atom is -0.355 e. The zero-order valence-corrected chi connectivity index (χ0v) is 21.0. The molecule has 0 radical (unpaired) electrons. The summed E-state index contributed by atoms with van der Waals surface area (Å²) >= 11 is 0. The smallest absolute Gasteiger partial charge is 0.355 e. The second kappa shape index (κ2) is 9.39. The summed E-state index contributed by atoms with van der Waals surface area (Å²) in [5.74, 6) is -1.30. The van der Waals surface area contributed by atoms with Crippen LogP contribution in [-0.2, 0) is 24.3 Å². The first kappa shape index (κ1) is 24.9. The molecule has 9 nitrogen and oxygen atoms in total. The van der Waals surface area contributed by atoms with Crippen LogP contribution in [0.4, 0.5) is 13.2 Å². The van der Waals surface area contributed by atoms with Crippen molar-refractivity contribution in [3.8, 4) is 0 Å². The third kappa shape index (κ3) is 4.64. The number of piperidine rings is 1.